The lowest BCUT2D eigenvalue weighted by atomic mass is 9.92. The number of fused-ring (bicyclic) bond motifs is 1. The predicted molar refractivity (Wildman–Crippen MR) is 108 cm³/mol. The van der Waals surface area contributed by atoms with E-state index in [1.54, 1.807) is 6.33 Å². The zero-order chi connectivity index (χ0) is 19.2. The van der Waals surface area contributed by atoms with Crippen molar-refractivity contribution in [3.63, 3.8) is 0 Å². The fourth-order valence-electron chi connectivity index (χ4n) is 4.84. The second-order valence-electron chi connectivity index (χ2n) is 9.75. The molecule has 2 atom stereocenters. The Labute approximate surface area is 163 Å². The van der Waals surface area contributed by atoms with Gasteiger partial charge in [0, 0.05) is 44.2 Å². The third-order valence-electron chi connectivity index (χ3n) is 6.50. The summed E-state index contributed by atoms with van der Waals surface area (Å²) in [6.45, 7) is 12.1. The zero-order valence-corrected chi connectivity index (χ0v) is 17.6. The van der Waals surface area contributed by atoms with Crippen LogP contribution in [-0.4, -0.2) is 67.5 Å². The summed E-state index contributed by atoms with van der Waals surface area (Å²) in [5, 5.41) is 0. The minimum Gasteiger partial charge on any atom is -0.356 e. The first kappa shape index (κ1) is 19.1. The average Bonchev–Trinajstić information content (AvgIpc) is 3.15. The molecule has 4 heterocycles. The normalized spacial score (nSPS) is 29.2. The van der Waals surface area contributed by atoms with E-state index in [1.165, 1.54) is 0 Å². The summed E-state index contributed by atoms with van der Waals surface area (Å²) in [5.74, 6) is 3.79. The molecule has 0 aliphatic carbocycles. The molecule has 3 aliphatic rings. The van der Waals surface area contributed by atoms with Crippen molar-refractivity contribution in [3.05, 3.63) is 18.1 Å². The van der Waals surface area contributed by atoms with E-state index < -0.39 is 9.84 Å². The lowest BCUT2D eigenvalue weighted by molar-refractivity contribution is 0.252. The lowest BCUT2D eigenvalue weighted by Crippen LogP contribution is -2.35. The molecule has 3 aliphatic heterocycles. The van der Waals surface area contributed by atoms with Gasteiger partial charge in [0.25, 0.3) is 0 Å². The molecule has 27 heavy (non-hydrogen) atoms. The molecule has 2 unspecified atom stereocenters. The van der Waals surface area contributed by atoms with Gasteiger partial charge >= 0.3 is 0 Å². The second kappa shape index (κ2) is 6.99. The Bertz CT molecular complexity index is 761. The highest BCUT2D eigenvalue weighted by atomic mass is 32.2. The van der Waals surface area contributed by atoms with Crippen LogP contribution in [0.2, 0.25) is 0 Å². The summed E-state index contributed by atoms with van der Waals surface area (Å²) in [5.41, 5.74) is 1.14. The molecule has 3 fully saturated rings. The summed E-state index contributed by atoms with van der Waals surface area (Å²) in [4.78, 5) is 14.0. The molecule has 3 saturated heterocycles. The Morgan fingerprint density at radius 1 is 1.04 bits per heavy atom. The van der Waals surface area contributed by atoms with Gasteiger partial charge in [0.15, 0.2) is 0 Å². The Morgan fingerprint density at radius 2 is 1.67 bits per heavy atom. The quantitative estimate of drug-likeness (QED) is 0.783. The van der Waals surface area contributed by atoms with Crippen molar-refractivity contribution >= 4 is 15.7 Å². The fraction of sp³-hybridized carbons (Fsp3) is 0.800. The molecule has 4 rings (SSSR count). The van der Waals surface area contributed by atoms with E-state index in [0.29, 0.717) is 29.3 Å². The molecular weight excluding hydrogens is 360 g/mol. The van der Waals surface area contributed by atoms with Crippen LogP contribution in [0.15, 0.2) is 12.4 Å². The molecule has 0 spiro atoms. The lowest BCUT2D eigenvalue weighted by Gasteiger charge is -2.28. The van der Waals surface area contributed by atoms with E-state index in [0.717, 1.165) is 57.1 Å². The summed E-state index contributed by atoms with van der Waals surface area (Å²) < 4.78 is 23.2. The Balaban J connectivity index is 1.32. The highest BCUT2D eigenvalue weighted by Crippen LogP contribution is 2.35. The minimum absolute atomic E-state index is 0.0392. The predicted octanol–water partition coefficient (Wildman–Crippen LogP) is 1.97. The van der Waals surface area contributed by atoms with Gasteiger partial charge in [-0.05, 0) is 30.6 Å². The third-order valence-corrected chi connectivity index (χ3v) is 8.21. The number of hydrogen-bond acceptors (Lipinski definition) is 6. The van der Waals surface area contributed by atoms with Crippen LogP contribution in [-0.2, 0) is 15.3 Å². The van der Waals surface area contributed by atoms with Crippen LogP contribution >= 0.6 is 0 Å². The first-order chi connectivity index (χ1) is 12.7. The summed E-state index contributed by atoms with van der Waals surface area (Å²) in [7, 11) is -2.75. The van der Waals surface area contributed by atoms with E-state index in [-0.39, 0.29) is 5.41 Å². The number of nitrogens with zero attached hydrogens (tertiary/aromatic N) is 4. The highest BCUT2D eigenvalue weighted by Gasteiger charge is 2.41. The van der Waals surface area contributed by atoms with Crippen LogP contribution in [0.3, 0.4) is 0 Å². The zero-order valence-electron chi connectivity index (χ0n) is 16.8. The van der Waals surface area contributed by atoms with Gasteiger partial charge in [0.05, 0.1) is 17.2 Å². The Hall–Kier alpha value is -1.21. The fourth-order valence-corrected chi connectivity index (χ4v) is 6.43. The number of likely N-dealkylation sites (tertiary alicyclic amines) is 1. The van der Waals surface area contributed by atoms with Gasteiger partial charge in [-0.25, -0.2) is 18.4 Å². The van der Waals surface area contributed by atoms with Crippen LogP contribution in [0.1, 0.15) is 39.3 Å². The Morgan fingerprint density at radius 3 is 2.26 bits per heavy atom. The molecule has 7 heteroatoms. The minimum atomic E-state index is -2.75. The maximum Gasteiger partial charge on any atom is 0.150 e. The summed E-state index contributed by atoms with van der Waals surface area (Å²) in [6, 6.07) is 2.15. The maximum atomic E-state index is 11.6. The molecule has 0 radical (unpaired) electrons. The molecule has 6 nitrogen and oxygen atoms in total. The number of sulfone groups is 1. The summed E-state index contributed by atoms with van der Waals surface area (Å²) >= 11 is 0. The SMILES string of the molecule is CC(C)(C)c1cc(N2CC3CN(CC4CCS(=O)(=O)CC4)CC3C2)ncn1. The topological polar surface area (TPSA) is 66.4 Å². The number of rotatable bonds is 3. The second-order valence-corrected chi connectivity index (χ2v) is 12.1. The van der Waals surface area contributed by atoms with E-state index in [4.69, 9.17) is 0 Å². The van der Waals surface area contributed by atoms with Crippen LogP contribution < -0.4 is 4.90 Å². The highest BCUT2D eigenvalue weighted by molar-refractivity contribution is 7.91. The number of aromatic nitrogens is 2. The van der Waals surface area contributed by atoms with Crippen LogP contribution in [0.25, 0.3) is 0 Å². The van der Waals surface area contributed by atoms with E-state index in [9.17, 15) is 8.42 Å². The molecule has 0 aromatic carbocycles. The molecule has 1 aromatic rings. The monoisotopic (exact) mass is 392 g/mol. The standard InChI is InChI=1S/C20H32N4O2S/c1-20(2,3)18-8-19(22-14-21-18)24-12-16-10-23(11-17(16)13-24)9-15-4-6-27(25,26)7-5-15/h8,14-17H,4-7,9-13H2,1-3H3. The first-order valence-corrected chi connectivity index (χ1v) is 12.0. The van der Waals surface area contributed by atoms with Crippen molar-refractivity contribution in [2.45, 2.75) is 39.0 Å². The largest absolute Gasteiger partial charge is 0.356 e. The smallest absolute Gasteiger partial charge is 0.150 e. The molecule has 0 bridgehead atoms. The third kappa shape index (κ3) is 4.29. The number of hydrogen-bond donors (Lipinski definition) is 0. The molecule has 0 N–H and O–H groups in total. The first-order valence-electron chi connectivity index (χ1n) is 10.2. The van der Waals surface area contributed by atoms with E-state index in [1.807, 2.05) is 0 Å². The summed E-state index contributed by atoms with van der Waals surface area (Å²) in [6.07, 6.45) is 3.39. The van der Waals surface area contributed by atoms with Crippen molar-refractivity contribution < 1.29 is 8.42 Å². The van der Waals surface area contributed by atoms with Crippen molar-refractivity contribution in [3.8, 4) is 0 Å². The van der Waals surface area contributed by atoms with Crippen LogP contribution in [0, 0.1) is 17.8 Å². The molecule has 0 amide bonds. The van der Waals surface area contributed by atoms with Crippen molar-refractivity contribution in [1.82, 2.24) is 14.9 Å². The molecule has 1 aromatic heterocycles. The van der Waals surface area contributed by atoms with E-state index in [2.05, 4.69) is 46.6 Å². The van der Waals surface area contributed by atoms with Gasteiger partial charge in [-0.3, -0.25) is 0 Å². The van der Waals surface area contributed by atoms with Crippen LogP contribution in [0.5, 0.6) is 0 Å². The van der Waals surface area contributed by atoms with Gasteiger partial charge in [-0.15, -0.1) is 0 Å². The van der Waals surface area contributed by atoms with Gasteiger partial charge in [0.1, 0.15) is 22.0 Å². The maximum absolute atomic E-state index is 11.6. The van der Waals surface area contributed by atoms with Gasteiger partial charge in [-0.1, -0.05) is 20.8 Å². The van der Waals surface area contributed by atoms with Gasteiger partial charge < -0.3 is 9.80 Å². The number of anilines is 1. The van der Waals surface area contributed by atoms with Crippen LogP contribution in [0.4, 0.5) is 5.82 Å². The molecular formula is C20H32N4O2S. The van der Waals surface area contributed by atoms with Gasteiger partial charge in [-0.2, -0.15) is 0 Å². The van der Waals surface area contributed by atoms with Crippen molar-refractivity contribution in [2.24, 2.45) is 17.8 Å². The van der Waals surface area contributed by atoms with Crippen molar-refractivity contribution in [2.75, 3.05) is 49.1 Å². The average molecular weight is 393 g/mol. The Kier molecular flexibility index (Phi) is 4.95. The molecule has 150 valence electrons. The van der Waals surface area contributed by atoms with E-state index >= 15 is 0 Å². The molecule has 0 saturated carbocycles. The van der Waals surface area contributed by atoms with Gasteiger partial charge in [0.2, 0.25) is 0 Å². The van der Waals surface area contributed by atoms with Crippen molar-refractivity contribution in [1.29, 1.82) is 0 Å².